The molecule has 0 aliphatic carbocycles. The largest absolute Gasteiger partial charge is 0.497 e. The molecule has 0 radical (unpaired) electrons. The second kappa shape index (κ2) is 7.14. The number of anilines is 1. The first-order valence-corrected chi connectivity index (χ1v) is 8.88. The van der Waals surface area contributed by atoms with Crippen LogP contribution < -0.4 is 26.6 Å². The number of aromatic amines is 1. The number of fused-ring (bicyclic) bond motifs is 1. The highest BCUT2D eigenvalue weighted by atomic mass is 19.4. The van der Waals surface area contributed by atoms with Gasteiger partial charge in [0.25, 0.3) is 22.9 Å². The van der Waals surface area contributed by atoms with Crippen LogP contribution in [0.15, 0.2) is 56.7 Å². The Bertz CT molecular complexity index is 1330. The minimum atomic E-state index is -5.46. The van der Waals surface area contributed by atoms with E-state index < -0.39 is 51.9 Å². The van der Waals surface area contributed by atoms with Crippen LogP contribution in [0.1, 0.15) is 16.1 Å². The minimum Gasteiger partial charge on any atom is -0.497 e. The summed E-state index contributed by atoms with van der Waals surface area (Å²) in [6.45, 7) is 0. The molecule has 1 atom stereocenters. The number of alkyl halides is 3. The molecule has 0 saturated carbocycles. The standard InChI is InChI=1S/C19H13F3N4O6/c1-31-10-6-4-9(5-7-10)26-13-12(15(28)24-17(26)30)18(16(29)23-13,19(20,21)22)25-14(27)11-3-2-8-32-11/h2-8H,1H3,(H,23,29)(H,25,27)(H,24,28,30)/t18-/m0/s1. The third kappa shape index (κ3) is 2.97. The van der Waals surface area contributed by atoms with E-state index in [-0.39, 0.29) is 5.69 Å². The summed E-state index contributed by atoms with van der Waals surface area (Å²) >= 11 is 0. The van der Waals surface area contributed by atoms with Crippen LogP contribution in [0.2, 0.25) is 0 Å². The highest BCUT2D eigenvalue weighted by molar-refractivity contribution is 6.09. The van der Waals surface area contributed by atoms with Crippen molar-refractivity contribution in [2.45, 2.75) is 11.7 Å². The lowest BCUT2D eigenvalue weighted by atomic mass is 9.91. The molecule has 3 heterocycles. The van der Waals surface area contributed by atoms with E-state index in [1.54, 1.807) is 10.3 Å². The van der Waals surface area contributed by atoms with Crippen molar-refractivity contribution in [2.24, 2.45) is 0 Å². The summed E-state index contributed by atoms with van der Waals surface area (Å²) in [5.41, 5.74) is -7.54. The van der Waals surface area contributed by atoms with Crippen LogP contribution in [0, 0.1) is 0 Å². The van der Waals surface area contributed by atoms with Gasteiger partial charge in [-0.15, -0.1) is 0 Å². The van der Waals surface area contributed by atoms with Gasteiger partial charge in [-0.1, -0.05) is 0 Å². The van der Waals surface area contributed by atoms with E-state index in [1.807, 2.05) is 5.32 Å². The molecule has 0 spiro atoms. The van der Waals surface area contributed by atoms with Gasteiger partial charge in [-0.25, -0.2) is 9.36 Å². The average molecular weight is 450 g/mol. The van der Waals surface area contributed by atoms with Crippen LogP contribution in [-0.4, -0.2) is 34.7 Å². The number of amides is 2. The van der Waals surface area contributed by atoms with E-state index in [4.69, 9.17) is 9.15 Å². The maximum Gasteiger partial charge on any atom is 0.425 e. The van der Waals surface area contributed by atoms with Crippen LogP contribution in [-0.2, 0) is 10.3 Å². The van der Waals surface area contributed by atoms with Gasteiger partial charge in [-0.3, -0.25) is 19.4 Å². The topological polar surface area (TPSA) is 135 Å². The van der Waals surface area contributed by atoms with Crippen LogP contribution in [0.3, 0.4) is 0 Å². The van der Waals surface area contributed by atoms with Crippen molar-refractivity contribution >= 4 is 17.6 Å². The number of H-pyrrole nitrogens is 1. The number of nitrogens with zero attached hydrogens (tertiary/aromatic N) is 1. The Morgan fingerprint density at radius 1 is 1.16 bits per heavy atom. The zero-order chi connectivity index (χ0) is 23.3. The summed E-state index contributed by atoms with van der Waals surface area (Å²) in [7, 11) is 1.39. The fourth-order valence-corrected chi connectivity index (χ4v) is 3.40. The van der Waals surface area contributed by atoms with Crippen molar-refractivity contribution in [1.82, 2.24) is 14.9 Å². The predicted octanol–water partition coefficient (Wildman–Crippen LogP) is 1.27. The van der Waals surface area contributed by atoms with Crippen LogP contribution in [0.5, 0.6) is 5.75 Å². The number of rotatable bonds is 4. The molecule has 32 heavy (non-hydrogen) atoms. The first-order valence-electron chi connectivity index (χ1n) is 8.88. The molecule has 1 aliphatic heterocycles. The number of hydrogen-bond acceptors (Lipinski definition) is 6. The number of benzene rings is 1. The fourth-order valence-electron chi connectivity index (χ4n) is 3.40. The van der Waals surface area contributed by atoms with Crippen molar-refractivity contribution < 1.29 is 31.9 Å². The SMILES string of the molecule is COc1ccc(-n2c3c(c(=O)[nH]c2=O)[C@@](NC(=O)c2ccco2)(C(F)(F)F)C(=O)N3)cc1. The van der Waals surface area contributed by atoms with Gasteiger partial charge in [0.05, 0.1) is 19.1 Å². The molecular formula is C19H13F3N4O6. The van der Waals surface area contributed by atoms with Gasteiger partial charge in [0.1, 0.15) is 17.1 Å². The Kier molecular flexibility index (Phi) is 4.68. The smallest absolute Gasteiger partial charge is 0.425 e. The lowest BCUT2D eigenvalue weighted by Crippen LogP contribution is -2.62. The van der Waals surface area contributed by atoms with Gasteiger partial charge in [-0.05, 0) is 36.4 Å². The van der Waals surface area contributed by atoms with Crippen molar-refractivity contribution in [2.75, 3.05) is 12.4 Å². The van der Waals surface area contributed by atoms with Gasteiger partial charge < -0.3 is 19.8 Å². The fraction of sp³-hybridized carbons (Fsp3) is 0.158. The Labute approximate surface area is 175 Å². The molecule has 4 rings (SSSR count). The molecule has 0 bridgehead atoms. The monoisotopic (exact) mass is 450 g/mol. The Hall–Kier alpha value is -4.29. The number of carbonyl (C=O) groups is 2. The zero-order valence-corrected chi connectivity index (χ0v) is 16.1. The maximum atomic E-state index is 14.3. The number of methoxy groups -OCH3 is 1. The second-order valence-electron chi connectivity index (χ2n) is 6.65. The second-order valence-corrected chi connectivity index (χ2v) is 6.65. The number of hydrogen-bond donors (Lipinski definition) is 3. The maximum absolute atomic E-state index is 14.3. The van der Waals surface area contributed by atoms with Crippen molar-refractivity contribution in [3.63, 3.8) is 0 Å². The summed E-state index contributed by atoms with van der Waals surface area (Å²) in [4.78, 5) is 51.9. The molecule has 166 valence electrons. The average Bonchev–Trinajstić information content (AvgIpc) is 3.36. The third-order valence-electron chi connectivity index (χ3n) is 4.86. The Morgan fingerprint density at radius 3 is 2.41 bits per heavy atom. The van der Waals surface area contributed by atoms with E-state index in [0.29, 0.717) is 10.3 Å². The van der Waals surface area contributed by atoms with E-state index >= 15 is 0 Å². The van der Waals surface area contributed by atoms with E-state index in [9.17, 15) is 32.3 Å². The number of nitrogens with one attached hydrogen (secondary N) is 3. The lowest BCUT2D eigenvalue weighted by molar-refractivity contribution is -0.196. The quantitative estimate of drug-likeness (QED) is 0.548. The first-order chi connectivity index (χ1) is 15.1. The highest BCUT2D eigenvalue weighted by Crippen LogP contribution is 2.45. The molecule has 13 heteroatoms. The molecule has 2 amide bonds. The molecular weight excluding hydrogens is 437 g/mol. The van der Waals surface area contributed by atoms with Gasteiger partial charge >= 0.3 is 11.9 Å². The zero-order valence-electron chi connectivity index (χ0n) is 16.1. The molecule has 2 aromatic heterocycles. The van der Waals surface area contributed by atoms with E-state index in [0.717, 1.165) is 12.3 Å². The van der Waals surface area contributed by atoms with Gasteiger partial charge in [0.15, 0.2) is 5.76 Å². The number of ether oxygens (including phenoxy) is 1. The van der Waals surface area contributed by atoms with Crippen molar-refractivity contribution in [3.8, 4) is 11.4 Å². The van der Waals surface area contributed by atoms with Crippen LogP contribution >= 0.6 is 0 Å². The Morgan fingerprint density at radius 2 is 1.84 bits per heavy atom. The lowest BCUT2D eigenvalue weighted by Gasteiger charge is -2.29. The summed E-state index contributed by atoms with van der Waals surface area (Å²) in [5.74, 6) is -4.02. The molecule has 0 saturated heterocycles. The van der Waals surface area contributed by atoms with Gasteiger partial charge in [0.2, 0.25) is 0 Å². The minimum absolute atomic E-state index is 0.0268. The van der Waals surface area contributed by atoms with Crippen LogP contribution in [0.4, 0.5) is 19.0 Å². The van der Waals surface area contributed by atoms with Gasteiger partial charge in [-0.2, -0.15) is 13.2 Å². The molecule has 1 aliphatic rings. The number of halogens is 3. The number of furan rings is 1. The summed E-state index contributed by atoms with van der Waals surface area (Å²) in [5, 5.41) is 3.50. The van der Waals surface area contributed by atoms with Crippen molar-refractivity contribution in [3.05, 3.63) is 74.8 Å². The van der Waals surface area contributed by atoms with Crippen LogP contribution in [0.25, 0.3) is 5.69 Å². The van der Waals surface area contributed by atoms with E-state index in [2.05, 4.69) is 0 Å². The number of aromatic nitrogens is 2. The molecule has 3 N–H and O–H groups in total. The summed E-state index contributed by atoms with van der Waals surface area (Å²) < 4.78 is 53.4. The molecule has 1 aromatic carbocycles. The van der Waals surface area contributed by atoms with E-state index in [1.165, 1.54) is 37.4 Å². The normalized spacial score (nSPS) is 17.6. The summed E-state index contributed by atoms with van der Waals surface area (Å²) in [6.07, 6.45) is -4.41. The predicted molar refractivity (Wildman–Crippen MR) is 102 cm³/mol. The summed E-state index contributed by atoms with van der Waals surface area (Å²) in [6, 6.07) is 7.85. The molecule has 3 aromatic rings. The van der Waals surface area contributed by atoms with Gasteiger partial charge in [0, 0.05) is 0 Å². The first kappa shape index (κ1) is 21.0. The Balaban J connectivity index is 1.97. The molecule has 10 nitrogen and oxygen atoms in total. The molecule has 0 fully saturated rings. The van der Waals surface area contributed by atoms with Crippen molar-refractivity contribution in [1.29, 1.82) is 0 Å². The number of carbonyl (C=O) groups excluding carboxylic acids is 2. The molecule has 0 unspecified atom stereocenters. The third-order valence-corrected chi connectivity index (χ3v) is 4.86. The highest BCUT2D eigenvalue weighted by Gasteiger charge is 2.68.